The lowest BCUT2D eigenvalue weighted by molar-refractivity contribution is -0.116. The molecule has 0 radical (unpaired) electrons. The van der Waals surface area contributed by atoms with Crippen LogP contribution in [0.4, 0.5) is 11.4 Å². The van der Waals surface area contributed by atoms with Gasteiger partial charge in [0.1, 0.15) is 0 Å². The van der Waals surface area contributed by atoms with Crippen LogP contribution in [0.1, 0.15) is 12.5 Å². The summed E-state index contributed by atoms with van der Waals surface area (Å²) in [6.45, 7) is 2.06. The number of fused-ring (bicyclic) bond motifs is 1. The molecule has 0 saturated carbocycles. The van der Waals surface area contributed by atoms with Crippen LogP contribution in [-0.2, 0) is 21.2 Å². The van der Waals surface area contributed by atoms with Gasteiger partial charge in [-0.3, -0.25) is 9.52 Å². The van der Waals surface area contributed by atoms with E-state index in [2.05, 4.69) is 4.72 Å². The normalized spacial score (nSPS) is 13.8. The van der Waals surface area contributed by atoms with Gasteiger partial charge in [0, 0.05) is 13.5 Å². The number of amides is 1. The molecule has 0 aromatic heterocycles. The maximum Gasteiger partial charge on any atom is 0.261 e. The molecule has 0 unspecified atom stereocenters. The molecular weight excluding hydrogens is 300 g/mol. The van der Waals surface area contributed by atoms with E-state index in [-0.39, 0.29) is 10.8 Å². The Bertz CT molecular complexity index is 817. The summed E-state index contributed by atoms with van der Waals surface area (Å²) in [5, 5.41) is 0. The van der Waals surface area contributed by atoms with Gasteiger partial charge in [-0.05, 0) is 30.2 Å². The number of carbonyl (C=O) groups excluding carboxylic acids is 1. The van der Waals surface area contributed by atoms with Gasteiger partial charge in [0.05, 0.1) is 16.3 Å². The molecule has 1 amide bonds. The second-order valence-corrected chi connectivity index (χ2v) is 6.83. The first-order chi connectivity index (χ1) is 10.5. The Hall–Kier alpha value is -2.34. The van der Waals surface area contributed by atoms with Crippen LogP contribution in [-0.4, -0.2) is 20.9 Å². The molecule has 0 atom stereocenters. The van der Waals surface area contributed by atoms with Crippen LogP contribution in [0, 0.1) is 0 Å². The molecule has 114 valence electrons. The maximum absolute atomic E-state index is 12.5. The third-order valence-electron chi connectivity index (χ3n) is 3.67. The first-order valence-corrected chi connectivity index (χ1v) is 8.45. The highest BCUT2D eigenvalue weighted by Crippen LogP contribution is 2.36. The van der Waals surface area contributed by atoms with Crippen LogP contribution in [0.5, 0.6) is 0 Å². The Morgan fingerprint density at radius 2 is 1.82 bits per heavy atom. The molecule has 2 aromatic rings. The fraction of sp³-hybridized carbons (Fsp3) is 0.188. The van der Waals surface area contributed by atoms with Crippen molar-refractivity contribution in [3.05, 3.63) is 54.1 Å². The summed E-state index contributed by atoms with van der Waals surface area (Å²) in [6, 6.07) is 13.6. The molecule has 1 heterocycles. The zero-order valence-corrected chi connectivity index (χ0v) is 12.9. The van der Waals surface area contributed by atoms with Crippen molar-refractivity contribution in [3.8, 4) is 0 Å². The van der Waals surface area contributed by atoms with Gasteiger partial charge in [-0.25, -0.2) is 8.42 Å². The summed E-state index contributed by atoms with van der Waals surface area (Å²) in [7, 11) is -3.67. The molecule has 2 aromatic carbocycles. The fourth-order valence-electron chi connectivity index (χ4n) is 2.66. The lowest BCUT2D eigenvalue weighted by atomic mass is 10.1. The molecule has 1 N–H and O–H groups in total. The fourth-order valence-corrected chi connectivity index (χ4v) is 3.74. The van der Waals surface area contributed by atoms with Crippen molar-refractivity contribution in [2.45, 2.75) is 18.2 Å². The molecule has 0 bridgehead atoms. The Morgan fingerprint density at radius 3 is 2.50 bits per heavy atom. The largest absolute Gasteiger partial charge is 0.310 e. The number of sulfonamides is 1. The van der Waals surface area contributed by atoms with Gasteiger partial charge in [-0.1, -0.05) is 30.3 Å². The highest BCUT2D eigenvalue weighted by molar-refractivity contribution is 7.92. The number of anilines is 2. The summed E-state index contributed by atoms with van der Waals surface area (Å²) < 4.78 is 27.5. The Kier molecular flexibility index (Phi) is 3.62. The number of nitrogens with zero attached hydrogens (tertiary/aromatic N) is 1. The third-order valence-corrected chi connectivity index (χ3v) is 5.05. The maximum atomic E-state index is 12.5. The minimum absolute atomic E-state index is 0.0925. The average molecular weight is 316 g/mol. The number of hydrogen-bond donors (Lipinski definition) is 1. The van der Waals surface area contributed by atoms with Crippen molar-refractivity contribution in [3.63, 3.8) is 0 Å². The molecule has 0 spiro atoms. The van der Waals surface area contributed by atoms with Crippen molar-refractivity contribution in [2.24, 2.45) is 0 Å². The van der Waals surface area contributed by atoms with Gasteiger partial charge < -0.3 is 4.90 Å². The van der Waals surface area contributed by atoms with E-state index in [9.17, 15) is 13.2 Å². The summed E-state index contributed by atoms with van der Waals surface area (Å²) in [4.78, 5) is 13.5. The summed E-state index contributed by atoms with van der Waals surface area (Å²) in [6.07, 6.45) is 0.732. The lowest BCUT2D eigenvalue weighted by Crippen LogP contribution is -2.27. The molecule has 6 heteroatoms. The SMILES string of the molecule is CC(=O)N1CCc2cccc(NS(=O)(=O)c3ccccc3)c21. The molecule has 1 aliphatic heterocycles. The number of carbonyl (C=O) groups is 1. The average Bonchev–Trinajstić information content (AvgIpc) is 2.93. The van der Waals surface area contributed by atoms with Crippen molar-refractivity contribution < 1.29 is 13.2 Å². The predicted molar refractivity (Wildman–Crippen MR) is 85.4 cm³/mol. The smallest absolute Gasteiger partial charge is 0.261 e. The van der Waals surface area contributed by atoms with Crippen LogP contribution in [0.2, 0.25) is 0 Å². The Labute approximate surface area is 129 Å². The highest BCUT2D eigenvalue weighted by Gasteiger charge is 2.27. The standard InChI is InChI=1S/C16H16N2O3S/c1-12(19)18-11-10-13-6-5-9-15(16(13)18)17-22(20,21)14-7-3-2-4-8-14/h2-9,17H,10-11H2,1H3. The van der Waals surface area contributed by atoms with E-state index in [0.29, 0.717) is 17.9 Å². The lowest BCUT2D eigenvalue weighted by Gasteiger charge is -2.19. The van der Waals surface area contributed by atoms with Gasteiger partial charge >= 0.3 is 0 Å². The van der Waals surface area contributed by atoms with Gasteiger partial charge in [0.2, 0.25) is 5.91 Å². The summed E-state index contributed by atoms with van der Waals surface area (Å²) >= 11 is 0. The summed E-state index contributed by atoms with van der Waals surface area (Å²) in [5.74, 6) is -0.0925. The highest BCUT2D eigenvalue weighted by atomic mass is 32.2. The topological polar surface area (TPSA) is 66.5 Å². The van der Waals surface area contributed by atoms with Crippen molar-refractivity contribution in [1.82, 2.24) is 0 Å². The van der Waals surface area contributed by atoms with Crippen molar-refractivity contribution >= 4 is 27.3 Å². The zero-order chi connectivity index (χ0) is 15.7. The van der Waals surface area contributed by atoms with E-state index in [1.165, 1.54) is 19.1 Å². The second-order valence-electron chi connectivity index (χ2n) is 5.15. The first-order valence-electron chi connectivity index (χ1n) is 6.97. The molecule has 3 rings (SSSR count). The Balaban J connectivity index is 2.01. The van der Waals surface area contributed by atoms with Crippen LogP contribution in [0.3, 0.4) is 0 Å². The Morgan fingerprint density at radius 1 is 1.09 bits per heavy atom. The molecule has 5 nitrogen and oxygen atoms in total. The minimum atomic E-state index is -3.67. The quantitative estimate of drug-likeness (QED) is 0.945. The van der Waals surface area contributed by atoms with Crippen LogP contribution >= 0.6 is 0 Å². The second kappa shape index (κ2) is 5.46. The van der Waals surface area contributed by atoms with E-state index in [0.717, 1.165) is 12.0 Å². The van der Waals surface area contributed by atoms with Crippen molar-refractivity contribution in [2.75, 3.05) is 16.2 Å². The van der Waals surface area contributed by atoms with E-state index in [1.54, 1.807) is 35.2 Å². The van der Waals surface area contributed by atoms with Crippen molar-refractivity contribution in [1.29, 1.82) is 0 Å². The van der Waals surface area contributed by atoms with E-state index in [1.807, 2.05) is 6.07 Å². The van der Waals surface area contributed by atoms with Gasteiger partial charge in [-0.2, -0.15) is 0 Å². The third kappa shape index (κ3) is 2.57. The van der Waals surface area contributed by atoms with E-state index < -0.39 is 10.0 Å². The molecule has 1 aliphatic rings. The number of nitrogens with one attached hydrogen (secondary N) is 1. The predicted octanol–water partition coefficient (Wildman–Crippen LogP) is 2.40. The van der Waals surface area contributed by atoms with E-state index in [4.69, 9.17) is 0 Å². The molecular formula is C16H16N2O3S. The van der Waals surface area contributed by atoms with E-state index >= 15 is 0 Å². The molecule has 22 heavy (non-hydrogen) atoms. The van der Waals surface area contributed by atoms with Crippen LogP contribution in [0.15, 0.2) is 53.4 Å². The number of para-hydroxylation sites is 1. The molecule has 0 fully saturated rings. The zero-order valence-electron chi connectivity index (χ0n) is 12.1. The van der Waals surface area contributed by atoms with Gasteiger partial charge in [0.25, 0.3) is 10.0 Å². The van der Waals surface area contributed by atoms with Gasteiger partial charge in [-0.15, -0.1) is 0 Å². The van der Waals surface area contributed by atoms with Crippen LogP contribution in [0.25, 0.3) is 0 Å². The monoisotopic (exact) mass is 316 g/mol. The molecule has 0 aliphatic carbocycles. The summed E-state index contributed by atoms with van der Waals surface area (Å²) in [5.41, 5.74) is 2.08. The van der Waals surface area contributed by atoms with Gasteiger partial charge in [0.15, 0.2) is 0 Å². The van der Waals surface area contributed by atoms with Crippen LogP contribution < -0.4 is 9.62 Å². The number of hydrogen-bond acceptors (Lipinski definition) is 3. The number of rotatable bonds is 3. The minimum Gasteiger partial charge on any atom is -0.310 e. The number of benzene rings is 2. The first kappa shape index (κ1) is 14.6. The molecule has 0 saturated heterocycles.